The maximum atomic E-state index is 4.63. The lowest BCUT2D eigenvalue weighted by atomic mass is 9.98. The number of nitrogens with one attached hydrogen (secondary N) is 1. The van der Waals surface area contributed by atoms with E-state index in [4.69, 9.17) is 0 Å². The Morgan fingerprint density at radius 2 is 2.39 bits per heavy atom. The van der Waals surface area contributed by atoms with Gasteiger partial charge < -0.3 is 5.32 Å². The number of hydrogen-bond acceptors (Lipinski definition) is 4. The fourth-order valence-corrected chi connectivity index (χ4v) is 2.50. The Hall–Kier alpha value is -1.91. The molecule has 0 aliphatic carbocycles. The molecule has 2 aromatic heterocycles. The average Bonchev–Trinajstić information content (AvgIpc) is 2.84. The van der Waals surface area contributed by atoms with Crippen molar-refractivity contribution in [3.05, 3.63) is 24.5 Å². The highest BCUT2D eigenvalue weighted by Crippen LogP contribution is 2.30. The lowest BCUT2D eigenvalue weighted by Crippen LogP contribution is -2.31. The Labute approximate surface area is 106 Å². The minimum absolute atomic E-state index is 0.430. The summed E-state index contributed by atoms with van der Waals surface area (Å²) in [5.41, 5.74) is 0.962. The maximum Gasteiger partial charge on any atom is 0.221 e. The summed E-state index contributed by atoms with van der Waals surface area (Å²) < 4.78 is 2.02. The van der Waals surface area contributed by atoms with Crippen molar-refractivity contribution in [1.29, 1.82) is 0 Å². The number of hydrogen-bond donors (Lipinski definition) is 1. The van der Waals surface area contributed by atoms with Gasteiger partial charge in [-0.05, 0) is 24.5 Å². The van der Waals surface area contributed by atoms with Crippen LogP contribution in [0.3, 0.4) is 0 Å². The summed E-state index contributed by atoms with van der Waals surface area (Å²) in [5.74, 6) is 2.20. The van der Waals surface area contributed by atoms with Crippen molar-refractivity contribution in [2.45, 2.75) is 26.3 Å². The second-order valence-electron chi connectivity index (χ2n) is 4.78. The molecule has 3 rings (SSSR count). The van der Waals surface area contributed by atoms with Crippen LogP contribution in [-0.4, -0.2) is 26.3 Å². The summed E-state index contributed by atoms with van der Waals surface area (Å²) in [7, 11) is 0. The lowest BCUT2D eigenvalue weighted by molar-refractivity contribution is 0.312. The zero-order valence-electron chi connectivity index (χ0n) is 10.7. The highest BCUT2D eigenvalue weighted by Gasteiger charge is 2.27. The van der Waals surface area contributed by atoms with Crippen molar-refractivity contribution in [3.63, 3.8) is 0 Å². The van der Waals surface area contributed by atoms with E-state index in [1.165, 1.54) is 0 Å². The molecule has 5 heteroatoms. The van der Waals surface area contributed by atoms with Crippen molar-refractivity contribution in [2.75, 3.05) is 11.9 Å². The molecule has 2 unspecified atom stereocenters. The number of rotatable bonds is 2. The molecule has 18 heavy (non-hydrogen) atoms. The Bertz CT molecular complexity index is 534. The molecular formula is C13H17N5. The van der Waals surface area contributed by atoms with E-state index in [1.54, 1.807) is 12.4 Å². The van der Waals surface area contributed by atoms with Gasteiger partial charge in [0.1, 0.15) is 0 Å². The second-order valence-corrected chi connectivity index (χ2v) is 4.78. The SMILES string of the molecule is CCC1C(C)CNc2nc(-c3cccnc3)nn21. The third-order valence-corrected chi connectivity index (χ3v) is 3.52. The predicted octanol–water partition coefficient (Wildman–Crippen LogP) is 2.35. The number of pyridine rings is 1. The highest BCUT2D eigenvalue weighted by atomic mass is 15.4. The number of nitrogens with zero attached hydrogens (tertiary/aromatic N) is 4. The first-order chi connectivity index (χ1) is 8.79. The van der Waals surface area contributed by atoms with E-state index < -0.39 is 0 Å². The van der Waals surface area contributed by atoms with E-state index in [2.05, 4.69) is 34.2 Å². The minimum atomic E-state index is 0.430. The maximum absolute atomic E-state index is 4.63. The summed E-state index contributed by atoms with van der Waals surface area (Å²) in [5, 5.41) is 7.96. The first-order valence-corrected chi connectivity index (χ1v) is 6.40. The smallest absolute Gasteiger partial charge is 0.221 e. The highest BCUT2D eigenvalue weighted by molar-refractivity contribution is 5.55. The molecule has 0 saturated carbocycles. The van der Waals surface area contributed by atoms with Gasteiger partial charge in [0, 0.05) is 24.5 Å². The van der Waals surface area contributed by atoms with Crippen LogP contribution in [0.5, 0.6) is 0 Å². The third-order valence-electron chi connectivity index (χ3n) is 3.52. The normalized spacial score (nSPS) is 22.3. The van der Waals surface area contributed by atoms with Gasteiger partial charge >= 0.3 is 0 Å². The Balaban J connectivity index is 2.02. The Morgan fingerprint density at radius 1 is 1.50 bits per heavy atom. The van der Waals surface area contributed by atoms with Gasteiger partial charge in [-0.25, -0.2) is 4.68 Å². The molecule has 94 valence electrons. The predicted molar refractivity (Wildman–Crippen MR) is 70.2 cm³/mol. The fraction of sp³-hybridized carbons (Fsp3) is 0.462. The molecule has 0 amide bonds. The fourth-order valence-electron chi connectivity index (χ4n) is 2.50. The largest absolute Gasteiger partial charge is 0.354 e. The van der Waals surface area contributed by atoms with Crippen LogP contribution in [0, 0.1) is 5.92 Å². The summed E-state index contributed by atoms with van der Waals surface area (Å²) in [6.07, 6.45) is 4.63. The topological polar surface area (TPSA) is 55.6 Å². The molecule has 0 fully saturated rings. The molecule has 0 spiro atoms. The summed E-state index contributed by atoms with van der Waals surface area (Å²) in [6, 6.07) is 4.32. The van der Waals surface area contributed by atoms with E-state index in [9.17, 15) is 0 Å². The molecule has 0 bridgehead atoms. The Kier molecular flexibility index (Phi) is 2.74. The van der Waals surface area contributed by atoms with Crippen LogP contribution >= 0.6 is 0 Å². The van der Waals surface area contributed by atoms with Gasteiger partial charge in [-0.3, -0.25) is 4.98 Å². The molecule has 1 aliphatic rings. The molecule has 0 saturated heterocycles. The molecule has 0 radical (unpaired) electrons. The first kappa shape index (κ1) is 11.2. The van der Waals surface area contributed by atoms with E-state index in [0.29, 0.717) is 12.0 Å². The van der Waals surface area contributed by atoms with Crippen LogP contribution < -0.4 is 5.32 Å². The van der Waals surface area contributed by atoms with Crippen LogP contribution in [0.25, 0.3) is 11.4 Å². The van der Waals surface area contributed by atoms with Crippen molar-refractivity contribution >= 4 is 5.95 Å². The summed E-state index contributed by atoms with van der Waals surface area (Å²) in [6.45, 7) is 5.40. The zero-order valence-corrected chi connectivity index (χ0v) is 10.7. The molecule has 3 heterocycles. The minimum Gasteiger partial charge on any atom is -0.354 e. The van der Waals surface area contributed by atoms with Gasteiger partial charge in [-0.1, -0.05) is 13.8 Å². The third kappa shape index (κ3) is 1.75. The van der Waals surface area contributed by atoms with E-state index >= 15 is 0 Å². The van der Waals surface area contributed by atoms with Crippen LogP contribution in [0.2, 0.25) is 0 Å². The summed E-state index contributed by atoms with van der Waals surface area (Å²) >= 11 is 0. The van der Waals surface area contributed by atoms with Gasteiger partial charge in [-0.2, -0.15) is 4.98 Å². The van der Waals surface area contributed by atoms with Gasteiger partial charge in [0.2, 0.25) is 5.95 Å². The quantitative estimate of drug-likeness (QED) is 0.879. The van der Waals surface area contributed by atoms with Crippen LogP contribution in [0.15, 0.2) is 24.5 Å². The van der Waals surface area contributed by atoms with Gasteiger partial charge in [0.05, 0.1) is 6.04 Å². The lowest BCUT2D eigenvalue weighted by Gasteiger charge is -2.29. The number of anilines is 1. The van der Waals surface area contributed by atoms with E-state index in [-0.39, 0.29) is 0 Å². The molecule has 5 nitrogen and oxygen atoms in total. The molecule has 2 aromatic rings. The van der Waals surface area contributed by atoms with Crippen molar-refractivity contribution in [2.24, 2.45) is 5.92 Å². The van der Waals surface area contributed by atoms with Crippen LogP contribution in [0.1, 0.15) is 26.3 Å². The van der Waals surface area contributed by atoms with Crippen LogP contribution in [-0.2, 0) is 0 Å². The van der Waals surface area contributed by atoms with Crippen molar-refractivity contribution in [1.82, 2.24) is 19.7 Å². The monoisotopic (exact) mass is 243 g/mol. The van der Waals surface area contributed by atoms with Crippen molar-refractivity contribution < 1.29 is 0 Å². The number of aromatic nitrogens is 4. The Morgan fingerprint density at radius 3 is 3.11 bits per heavy atom. The average molecular weight is 243 g/mol. The number of fused-ring (bicyclic) bond motifs is 1. The second kappa shape index (κ2) is 4.40. The summed E-state index contributed by atoms with van der Waals surface area (Å²) in [4.78, 5) is 8.67. The molecule has 0 aromatic carbocycles. The van der Waals surface area contributed by atoms with Gasteiger partial charge in [-0.15, -0.1) is 5.10 Å². The van der Waals surface area contributed by atoms with Gasteiger partial charge in [0.25, 0.3) is 0 Å². The van der Waals surface area contributed by atoms with Gasteiger partial charge in [0.15, 0.2) is 5.82 Å². The zero-order chi connectivity index (χ0) is 12.5. The van der Waals surface area contributed by atoms with E-state index in [0.717, 1.165) is 30.3 Å². The molecule has 2 atom stereocenters. The first-order valence-electron chi connectivity index (χ1n) is 6.40. The standard InChI is InChI=1S/C13H17N5/c1-3-11-9(2)7-15-13-16-12(17-18(11)13)10-5-4-6-14-8-10/h4-6,8-9,11H,3,7H2,1-2H3,(H,15,16,17). The van der Waals surface area contributed by atoms with Crippen LogP contribution in [0.4, 0.5) is 5.95 Å². The molecule has 1 aliphatic heterocycles. The van der Waals surface area contributed by atoms with E-state index in [1.807, 2.05) is 16.8 Å². The molecular weight excluding hydrogens is 226 g/mol. The van der Waals surface area contributed by atoms with Crippen molar-refractivity contribution in [3.8, 4) is 11.4 Å². The molecule has 1 N–H and O–H groups in total.